The third-order valence-corrected chi connectivity index (χ3v) is 4.47. The van der Waals surface area contributed by atoms with E-state index >= 15 is 0 Å². The number of ether oxygens (including phenoxy) is 1. The van der Waals surface area contributed by atoms with Crippen LogP contribution >= 0.6 is 0 Å². The number of hydroxylamine groups is 2. The Balaban J connectivity index is 2.70. The van der Waals surface area contributed by atoms with E-state index in [1.807, 2.05) is 0 Å². The van der Waals surface area contributed by atoms with Crippen LogP contribution in [0.4, 0.5) is 0 Å². The molecular weight excluding hydrogens is 364 g/mol. The predicted molar refractivity (Wildman–Crippen MR) is 103 cm³/mol. The number of amides is 2. The van der Waals surface area contributed by atoms with Gasteiger partial charge in [-0.2, -0.15) is 0 Å². The van der Waals surface area contributed by atoms with E-state index in [1.54, 1.807) is 23.1 Å². The molecule has 158 valence electrons. The van der Waals surface area contributed by atoms with Crippen LogP contribution < -0.4 is 15.7 Å². The maximum atomic E-state index is 11.2. The predicted octanol–water partition coefficient (Wildman–Crippen LogP) is 2.86. The van der Waals surface area contributed by atoms with E-state index in [2.05, 4.69) is 13.8 Å². The molecule has 0 bridgehead atoms. The first-order chi connectivity index (χ1) is 13.4. The fourth-order valence-electron chi connectivity index (χ4n) is 2.78. The molecule has 2 amide bonds. The van der Waals surface area contributed by atoms with Gasteiger partial charge >= 0.3 is 0 Å². The quantitative estimate of drug-likeness (QED) is 0.198. The third-order valence-electron chi connectivity index (χ3n) is 4.47. The molecule has 0 atom stereocenters. The molecule has 0 fully saturated rings. The zero-order valence-corrected chi connectivity index (χ0v) is 16.7. The Kier molecular flexibility index (Phi) is 11.0. The van der Waals surface area contributed by atoms with E-state index < -0.39 is 11.8 Å². The Morgan fingerprint density at radius 2 is 1.68 bits per heavy atom. The number of phenolic OH excluding ortho intramolecular Hbond substituents is 1. The summed E-state index contributed by atoms with van der Waals surface area (Å²) in [4.78, 5) is 22.2. The van der Waals surface area contributed by atoms with E-state index in [0.29, 0.717) is 43.1 Å². The van der Waals surface area contributed by atoms with Crippen molar-refractivity contribution >= 4 is 11.8 Å². The minimum absolute atomic E-state index is 0.0787. The summed E-state index contributed by atoms with van der Waals surface area (Å²) in [6, 6.07) is 3.54. The lowest BCUT2D eigenvalue weighted by Gasteiger charge is -2.17. The third kappa shape index (κ3) is 8.58. The fourth-order valence-corrected chi connectivity index (χ4v) is 2.78. The van der Waals surface area contributed by atoms with Gasteiger partial charge in [0.2, 0.25) is 11.8 Å². The molecule has 0 radical (unpaired) electrons. The molecular formula is C20H32N2O6. The Morgan fingerprint density at radius 3 is 2.32 bits per heavy atom. The van der Waals surface area contributed by atoms with Crippen LogP contribution in [0.2, 0.25) is 0 Å². The standard InChI is InChI=1S/C20H32N2O6/c1-14(2)7-10-16-17(28-13-5-3-4-6-18(23)21-26)11-8-15(20(16)25)9-12-19(24)22-27/h8,11,14,25-27H,3-7,9-10,12-13H2,1-2H3,(H,21,23)(H,22,24). The lowest BCUT2D eigenvalue weighted by molar-refractivity contribution is -0.129. The molecule has 1 rings (SSSR count). The van der Waals surface area contributed by atoms with Crippen molar-refractivity contribution in [2.45, 2.75) is 65.2 Å². The summed E-state index contributed by atoms with van der Waals surface area (Å²) in [5.41, 5.74) is 4.57. The van der Waals surface area contributed by atoms with Gasteiger partial charge in [0.25, 0.3) is 0 Å². The SMILES string of the molecule is CC(C)CCc1c(OCCCCCC(=O)NO)ccc(CCC(=O)NO)c1O. The first kappa shape index (κ1) is 23.7. The number of hydrogen-bond acceptors (Lipinski definition) is 6. The summed E-state index contributed by atoms with van der Waals surface area (Å²) in [6.07, 6.45) is 4.42. The van der Waals surface area contributed by atoms with E-state index in [0.717, 1.165) is 24.8 Å². The Morgan fingerprint density at radius 1 is 1.00 bits per heavy atom. The molecule has 5 N–H and O–H groups in total. The number of benzene rings is 1. The van der Waals surface area contributed by atoms with Gasteiger partial charge in [0.1, 0.15) is 11.5 Å². The number of unbranched alkanes of at least 4 members (excludes halogenated alkanes) is 2. The van der Waals surface area contributed by atoms with Gasteiger partial charge in [-0.1, -0.05) is 19.9 Å². The molecule has 8 heteroatoms. The molecule has 1 aromatic rings. The minimum atomic E-state index is -0.502. The topological polar surface area (TPSA) is 128 Å². The van der Waals surface area contributed by atoms with Crippen molar-refractivity contribution < 1.29 is 29.8 Å². The molecule has 28 heavy (non-hydrogen) atoms. The van der Waals surface area contributed by atoms with Crippen molar-refractivity contribution in [3.8, 4) is 11.5 Å². The van der Waals surface area contributed by atoms with Crippen LogP contribution in [0.1, 0.15) is 63.5 Å². The zero-order valence-electron chi connectivity index (χ0n) is 16.7. The van der Waals surface area contributed by atoms with Gasteiger partial charge in [0.05, 0.1) is 6.61 Å². The van der Waals surface area contributed by atoms with Gasteiger partial charge in [0.15, 0.2) is 0 Å². The lowest BCUT2D eigenvalue weighted by Crippen LogP contribution is -2.18. The smallest absolute Gasteiger partial charge is 0.243 e. The van der Waals surface area contributed by atoms with Crippen LogP contribution in [0.25, 0.3) is 0 Å². The van der Waals surface area contributed by atoms with Crippen molar-refractivity contribution in [3.63, 3.8) is 0 Å². The van der Waals surface area contributed by atoms with Crippen molar-refractivity contribution in [2.75, 3.05) is 6.61 Å². The zero-order chi connectivity index (χ0) is 20.9. The van der Waals surface area contributed by atoms with Gasteiger partial charge in [-0.25, -0.2) is 11.0 Å². The van der Waals surface area contributed by atoms with Crippen LogP contribution in [-0.4, -0.2) is 33.9 Å². The molecule has 0 aliphatic carbocycles. The largest absolute Gasteiger partial charge is 0.507 e. The summed E-state index contributed by atoms with van der Waals surface area (Å²) in [7, 11) is 0. The summed E-state index contributed by atoms with van der Waals surface area (Å²) in [5.74, 6) is 0.337. The highest BCUT2D eigenvalue weighted by Gasteiger charge is 2.15. The van der Waals surface area contributed by atoms with Crippen LogP contribution in [0.5, 0.6) is 11.5 Å². The van der Waals surface area contributed by atoms with Crippen LogP contribution in [0.15, 0.2) is 12.1 Å². The van der Waals surface area contributed by atoms with E-state index in [1.165, 1.54) is 0 Å². The minimum Gasteiger partial charge on any atom is -0.507 e. The molecule has 0 aliphatic heterocycles. The second kappa shape index (κ2) is 13.0. The number of rotatable bonds is 13. The number of aromatic hydroxyl groups is 1. The molecule has 0 saturated heterocycles. The molecule has 0 saturated carbocycles. The van der Waals surface area contributed by atoms with Gasteiger partial charge in [-0.15, -0.1) is 0 Å². The second-order valence-corrected chi connectivity index (χ2v) is 7.21. The molecule has 0 unspecified atom stereocenters. The monoisotopic (exact) mass is 396 g/mol. The average Bonchev–Trinajstić information content (AvgIpc) is 2.68. The highest BCUT2D eigenvalue weighted by Crippen LogP contribution is 2.34. The van der Waals surface area contributed by atoms with Gasteiger partial charge in [0, 0.05) is 18.4 Å². The maximum absolute atomic E-state index is 11.2. The fraction of sp³-hybridized carbons (Fsp3) is 0.600. The Hall–Kier alpha value is -2.32. The maximum Gasteiger partial charge on any atom is 0.243 e. The van der Waals surface area contributed by atoms with Gasteiger partial charge < -0.3 is 9.84 Å². The van der Waals surface area contributed by atoms with Crippen molar-refractivity contribution in [1.29, 1.82) is 0 Å². The first-order valence-electron chi connectivity index (χ1n) is 9.71. The average molecular weight is 396 g/mol. The number of nitrogens with one attached hydrogen (secondary N) is 2. The molecule has 0 aromatic heterocycles. The molecule has 1 aromatic carbocycles. The summed E-state index contributed by atoms with van der Waals surface area (Å²) < 4.78 is 5.86. The van der Waals surface area contributed by atoms with Gasteiger partial charge in [-0.3, -0.25) is 20.0 Å². The second-order valence-electron chi connectivity index (χ2n) is 7.21. The van der Waals surface area contributed by atoms with Crippen LogP contribution in [-0.2, 0) is 22.4 Å². The number of carbonyl (C=O) groups is 2. The Labute approximate surface area is 165 Å². The molecule has 0 heterocycles. The molecule has 0 aliphatic rings. The van der Waals surface area contributed by atoms with E-state index in [4.69, 9.17) is 15.2 Å². The Bertz CT molecular complexity index is 633. The van der Waals surface area contributed by atoms with Crippen LogP contribution in [0.3, 0.4) is 0 Å². The number of phenols is 1. The van der Waals surface area contributed by atoms with Crippen molar-refractivity contribution in [1.82, 2.24) is 11.0 Å². The van der Waals surface area contributed by atoms with E-state index in [-0.39, 0.29) is 18.6 Å². The van der Waals surface area contributed by atoms with Crippen molar-refractivity contribution in [3.05, 3.63) is 23.3 Å². The number of aryl methyl sites for hydroxylation is 1. The summed E-state index contributed by atoms with van der Waals surface area (Å²) in [5, 5.41) is 27.7. The van der Waals surface area contributed by atoms with Crippen LogP contribution in [0, 0.1) is 5.92 Å². The lowest BCUT2D eigenvalue weighted by atomic mass is 9.97. The highest BCUT2D eigenvalue weighted by atomic mass is 16.5. The molecule has 0 spiro atoms. The normalized spacial score (nSPS) is 10.8. The highest BCUT2D eigenvalue weighted by molar-refractivity contribution is 5.75. The summed E-state index contributed by atoms with van der Waals surface area (Å²) in [6.45, 7) is 4.67. The number of carbonyl (C=O) groups excluding carboxylic acids is 2. The summed E-state index contributed by atoms with van der Waals surface area (Å²) >= 11 is 0. The van der Waals surface area contributed by atoms with Gasteiger partial charge in [-0.05, 0) is 56.1 Å². The molecule has 8 nitrogen and oxygen atoms in total. The number of hydrogen-bond donors (Lipinski definition) is 5. The van der Waals surface area contributed by atoms with E-state index in [9.17, 15) is 14.7 Å². The van der Waals surface area contributed by atoms with Crippen molar-refractivity contribution in [2.24, 2.45) is 5.92 Å². The first-order valence-corrected chi connectivity index (χ1v) is 9.71.